The van der Waals surface area contributed by atoms with Gasteiger partial charge in [0.05, 0.1) is 5.60 Å². The lowest BCUT2D eigenvalue weighted by molar-refractivity contribution is -0.0847. The van der Waals surface area contributed by atoms with Crippen molar-refractivity contribution in [3.8, 4) is 5.75 Å². The zero-order valence-corrected chi connectivity index (χ0v) is 13.5. The number of aryl methyl sites for hydroxylation is 1. The molecule has 0 aliphatic carbocycles. The number of benzene rings is 1. The van der Waals surface area contributed by atoms with Crippen LogP contribution in [0, 0.1) is 6.92 Å². The lowest BCUT2D eigenvalue weighted by Crippen LogP contribution is -2.37. The Labute approximate surface area is 122 Å². The van der Waals surface area contributed by atoms with Gasteiger partial charge in [-0.15, -0.1) is 0 Å². The Morgan fingerprint density at radius 3 is 2.55 bits per heavy atom. The van der Waals surface area contributed by atoms with Gasteiger partial charge in [0.25, 0.3) is 0 Å². The third-order valence-corrected chi connectivity index (χ3v) is 3.91. The first-order chi connectivity index (χ1) is 9.25. The predicted octanol–water partition coefficient (Wildman–Crippen LogP) is 3.44. The topological polar surface area (TPSA) is 30.5 Å². The molecule has 0 saturated carbocycles. The second kappa shape index (κ2) is 5.38. The molecule has 1 aromatic carbocycles. The molecule has 20 heavy (non-hydrogen) atoms. The minimum atomic E-state index is -0.261. The van der Waals surface area contributed by atoms with Gasteiger partial charge in [0.2, 0.25) is 0 Å². The monoisotopic (exact) mass is 277 g/mol. The van der Waals surface area contributed by atoms with Gasteiger partial charge in [0, 0.05) is 18.5 Å². The molecule has 1 unspecified atom stereocenters. The Balaban J connectivity index is 2.26. The average Bonchev–Trinajstić information content (AvgIpc) is 2.51. The van der Waals surface area contributed by atoms with Gasteiger partial charge in [-0.25, -0.2) is 0 Å². The molecule has 0 bridgehead atoms. The molecule has 0 amide bonds. The van der Waals surface area contributed by atoms with Crippen LogP contribution in [0.1, 0.15) is 45.2 Å². The fourth-order valence-electron chi connectivity index (χ4n) is 3.05. The van der Waals surface area contributed by atoms with Gasteiger partial charge in [0.15, 0.2) is 0 Å². The highest BCUT2D eigenvalue weighted by atomic mass is 16.6. The molecule has 1 aliphatic rings. The van der Waals surface area contributed by atoms with Crippen LogP contribution in [0.25, 0.3) is 0 Å². The molecule has 1 fully saturated rings. The van der Waals surface area contributed by atoms with Gasteiger partial charge < -0.3 is 14.8 Å². The number of hydrogen-bond acceptors (Lipinski definition) is 3. The lowest BCUT2D eigenvalue weighted by Gasteiger charge is -2.28. The van der Waals surface area contributed by atoms with Crippen molar-refractivity contribution < 1.29 is 9.47 Å². The first-order valence-corrected chi connectivity index (χ1v) is 7.35. The Morgan fingerprint density at radius 1 is 1.30 bits per heavy atom. The fraction of sp³-hybridized carbons (Fsp3) is 0.647. The summed E-state index contributed by atoms with van der Waals surface area (Å²) in [6, 6.07) is 6.30. The van der Waals surface area contributed by atoms with Crippen molar-refractivity contribution in [3.63, 3.8) is 0 Å². The van der Waals surface area contributed by atoms with Crippen LogP contribution < -0.4 is 10.1 Å². The van der Waals surface area contributed by atoms with Crippen molar-refractivity contribution in [3.05, 3.63) is 29.3 Å². The molecule has 3 heteroatoms. The maximum atomic E-state index is 6.38. The van der Waals surface area contributed by atoms with Crippen LogP contribution in [0.2, 0.25) is 0 Å². The van der Waals surface area contributed by atoms with Crippen LogP contribution in [-0.2, 0) is 11.3 Å². The second-order valence-electron chi connectivity index (χ2n) is 6.87. The van der Waals surface area contributed by atoms with Crippen molar-refractivity contribution in [2.45, 2.75) is 64.9 Å². The fourth-order valence-corrected chi connectivity index (χ4v) is 3.05. The van der Waals surface area contributed by atoms with E-state index in [-0.39, 0.29) is 17.3 Å². The summed E-state index contributed by atoms with van der Waals surface area (Å²) in [4.78, 5) is 0. The smallest absolute Gasteiger partial charge is 0.130 e. The van der Waals surface area contributed by atoms with E-state index >= 15 is 0 Å². The highest BCUT2D eigenvalue weighted by Crippen LogP contribution is 2.40. The van der Waals surface area contributed by atoms with Gasteiger partial charge in [-0.2, -0.15) is 0 Å². The Bertz CT molecular complexity index is 480. The van der Waals surface area contributed by atoms with Gasteiger partial charge in [-0.1, -0.05) is 18.2 Å². The number of rotatable bonds is 4. The molecule has 1 aliphatic heterocycles. The molecule has 1 saturated heterocycles. The van der Waals surface area contributed by atoms with Crippen molar-refractivity contribution in [1.82, 2.24) is 5.32 Å². The Hall–Kier alpha value is -1.06. The summed E-state index contributed by atoms with van der Waals surface area (Å²) >= 11 is 0. The second-order valence-corrected chi connectivity index (χ2v) is 6.87. The number of hydrogen-bond donors (Lipinski definition) is 1. The largest absolute Gasteiger partial charge is 0.487 e. The molecule has 1 heterocycles. The average molecular weight is 277 g/mol. The molecular formula is C17H27NO2. The van der Waals surface area contributed by atoms with Crippen LogP contribution in [0.5, 0.6) is 5.75 Å². The quantitative estimate of drug-likeness (QED) is 0.914. The molecule has 1 atom stereocenters. The SMILES string of the molecule is CNCc1cccc(C)c1OC1CC(C)(C)OC1(C)C. The van der Waals surface area contributed by atoms with Gasteiger partial charge in [-0.3, -0.25) is 0 Å². The summed E-state index contributed by atoms with van der Waals surface area (Å²) in [5, 5.41) is 3.20. The highest BCUT2D eigenvalue weighted by Gasteiger charge is 2.47. The van der Waals surface area contributed by atoms with Crippen LogP contribution >= 0.6 is 0 Å². The molecule has 2 rings (SSSR count). The van der Waals surface area contributed by atoms with Crippen molar-refractivity contribution in [2.75, 3.05) is 7.05 Å². The summed E-state index contributed by atoms with van der Waals surface area (Å²) in [6.45, 7) is 11.4. The van der Waals surface area contributed by atoms with Gasteiger partial charge >= 0.3 is 0 Å². The summed E-state index contributed by atoms with van der Waals surface area (Å²) in [5.41, 5.74) is 1.99. The van der Waals surface area contributed by atoms with E-state index in [9.17, 15) is 0 Å². The summed E-state index contributed by atoms with van der Waals surface area (Å²) in [6.07, 6.45) is 0.988. The van der Waals surface area contributed by atoms with E-state index in [1.54, 1.807) is 0 Å². The van der Waals surface area contributed by atoms with E-state index in [4.69, 9.17) is 9.47 Å². The number of para-hydroxylation sites is 1. The molecule has 3 nitrogen and oxygen atoms in total. The molecular weight excluding hydrogens is 250 g/mol. The summed E-state index contributed by atoms with van der Waals surface area (Å²) < 4.78 is 12.5. The van der Waals surface area contributed by atoms with Crippen LogP contribution in [-0.4, -0.2) is 24.4 Å². The summed E-state index contributed by atoms with van der Waals surface area (Å²) in [5.74, 6) is 1.00. The van der Waals surface area contributed by atoms with E-state index < -0.39 is 0 Å². The van der Waals surface area contributed by atoms with Gasteiger partial charge in [0.1, 0.15) is 17.5 Å². The highest BCUT2D eigenvalue weighted by molar-refractivity contribution is 5.41. The lowest BCUT2D eigenvalue weighted by atomic mass is 9.96. The van der Waals surface area contributed by atoms with E-state index in [0.29, 0.717) is 0 Å². The molecule has 1 aromatic rings. The van der Waals surface area contributed by atoms with Crippen molar-refractivity contribution in [1.29, 1.82) is 0 Å². The first-order valence-electron chi connectivity index (χ1n) is 7.35. The third kappa shape index (κ3) is 3.15. The summed E-state index contributed by atoms with van der Waals surface area (Å²) in [7, 11) is 1.96. The standard InChI is InChI=1S/C17H27NO2/c1-12-8-7-9-13(11-18-6)15(12)19-14-10-16(2,3)20-17(14,4)5/h7-9,14,18H,10-11H2,1-6H3. The van der Waals surface area contributed by atoms with Crippen molar-refractivity contribution in [2.24, 2.45) is 0 Å². The molecule has 112 valence electrons. The number of nitrogens with one attached hydrogen (secondary N) is 1. The minimum Gasteiger partial charge on any atom is -0.487 e. The van der Waals surface area contributed by atoms with Crippen molar-refractivity contribution >= 4 is 0 Å². The minimum absolute atomic E-state index is 0.0780. The maximum Gasteiger partial charge on any atom is 0.130 e. The Morgan fingerprint density at radius 2 is 2.00 bits per heavy atom. The van der Waals surface area contributed by atoms with Crippen LogP contribution in [0.3, 0.4) is 0 Å². The first kappa shape index (κ1) is 15.3. The van der Waals surface area contributed by atoms with E-state index in [0.717, 1.165) is 18.7 Å². The maximum absolute atomic E-state index is 6.38. The number of ether oxygens (including phenoxy) is 2. The van der Waals surface area contributed by atoms with E-state index in [2.05, 4.69) is 58.1 Å². The predicted molar refractivity (Wildman–Crippen MR) is 82.2 cm³/mol. The van der Waals surface area contributed by atoms with Crippen LogP contribution in [0.4, 0.5) is 0 Å². The van der Waals surface area contributed by atoms with E-state index in [1.807, 2.05) is 7.05 Å². The zero-order chi connectivity index (χ0) is 15.0. The van der Waals surface area contributed by atoms with Crippen LogP contribution in [0.15, 0.2) is 18.2 Å². The normalized spacial score (nSPS) is 23.8. The third-order valence-electron chi connectivity index (χ3n) is 3.91. The molecule has 1 N–H and O–H groups in total. The zero-order valence-electron chi connectivity index (χ0n) is 13.5. The van der Waals surface area contributed by atoms with E-state index in [1.165, 1.54) is 11.1 Å². The molecule has 0 aromatic heterocycles. The molecule has 0 radical (unpaired) electrons. The van der Waals surface area contributed by atoms with Gasteiger partial charge in [-0.05, 0) is 47.2 Å². The molecule has 0 spiro atoms. The Kier molecular flexibility index (Phi) is 4.12.